The summed E-state index contributed by atoms with van der Waals surface area (Å²) in [6, 6.07) is 9.64. The SMILES string of the molecule is Cc1ccccc1-c1cc(C(=O)O)n(C)c1. The Morgan fingerprint density at radius 1 is 1.31 bits per heavy atom. The second kappa shape index (κ2) is 3.85. The number of nitrogens with zero attached hydrogens (tertiary/aromatic N) is 1. The molecule has 2 rings (SSSR count). The van der Waals surface area contributed by atoms with Gasteiger partial charge < -0.3 is 9.67 Å². The first kappa shape index (κ1) is 10.5. The Kier molecular flexibility index (Phi) is 2.52. The number of rotatable bonds is 2. The summed E-state index contributed by atoms with van der Waals surface area (Å²) in [5.74, 6) is -0.901. The van der Waals surface area contributed by atoms with E-state index in [1.807, 2.05) is 37.4 Å². The molecular formula is C13H13NO2. The predicted molar refractivity (Wildman–Crippen MR) is 62.5 cm³/mol. The predicted octanol–water partition coefficient (Wildman–Crippen LogP) is 2.70. The lowest BCUT2D eigenvalue weighted by molar-refractivity contribution is 0.0686. The van der Waals surface area contributed by atoms with E-state index in [1.54, 1.807) is 17.7 Å². The van der Waals surface area contributed by atoms with Crippen LogP contribution in [0.1, 0.15) is 16.1 Å². The van der Waals surface area contributed by atoms with E-state index in [9.17, 15) is 4.79 Å². The molecule has 1 heterocycles. The number of hydrogen-bond donors (Lipinski definition) is 1. The third-order valence-corrected chi connectivity index (χ3v) is 2.68. The molecule has 0 aliphatic heterocycles. The van der Waals surface area contributed by atoms with Crippen molar-refractivity contribution < 1.29 is 9.90 Å². The van der Waals surface area contributed by atoms with Crippen LogP contribution in [0.2, 0.25) is 0 Å². The molecule has 0 radical (unpaired) electrons. The van der Waals surface area contributed by atoms with Gasteiger partial charge in [-0.15, -0.1) is 0 Å². The number of aromatic carboxylic acids is 1. The van der Waals surface area contributed by atoms with Gasteiger partial charge in [-0.25, -0.2) is 4.79 Å². The Bertz CT molecular complexity index is 541. The summed E-state index contributed by atoms with van der Waals surface area (Å²) in [5.41, 5.74) is 3.46. The molecule has 0 saturated heterocycles. The molecule has 1 aromatic heterocycles. The molecule has 2 aromatic rings. The van der Waals surface area contributed by atoms with Gasteiger partial charge in [0.15, 0.2) is 0 Å². The molecule has 0 aliphatic carbocycles. The summed E-state index contributed by atoms with van der Waals surface area (Å²) in [5, 5.41) is 8.97. The molecule has 3 heteroatoms. The smallest absolute Gasteiger partial charge is 0.352 e. The lowest BCUT2D eigenvalue weighted by Crippen LogP contribution is -2.02. The molecule has 0 spiro atoms. The highest BCUT2D eigenvalue weighted by Crippen LogP contribution is 2.24. The second-order valence-corrected chi connectivity index (χ2v) is 3.84. The fourth-order valence-corrected chi connectivity index (χ4v) is 1.82. The highest BCUT2D eigenvalue weighted by Gasteiger charge is 2.11. The minimum absolute atomic E-state index is 0.304. The number of aryl methyl sites for hydroxylation is 2. The Labute approximate surface area is 94.0 Å². The number of carboxylic acid groups (broad SMARTS) is 1. The van der Waals surface area contributed by atoms with Crippen LogP contribution >= 0.6 is 0 Å². The van der Waals surface area contributed by atoms with Gasteiger partial charge in [0, 0.05) is 18.8 Å². The van der Waals surface area contributed by atoms with Crippen LogP contribution in [0.15, 0.2) is 36.5 Å². The maximum Gasteiger partial charge on any atom is 0.352 e. The van der Waals surface area contributed by atoms with Crippen LogP contribution in [-0.2, 0) is 7.05 Å². The maximum atomic E-state index is 10.9. The van der Waals surface area contributed by atoms with Gasteiger partial charge in [-0.05, 0) is 24.1 Å². The first-order valence-electron chi connectivity index (χ1n) is 5.05. The molecule has 0 bridgehead atoms. The molecule has 0 fully saturated rings. The third-order valence-electron chi connectivity index (χ3n) is 2.68. The van der Waals surface area contributed by atoms with E-state index < -0.39 is 5.97 Å². The van der Waals surface area contributed by atoms with Crippen molar-refractivity contribution in [3.05, 3.63) is 47.8 Å². The van der Waals surface area contributed by atoms with Gasteiger partial charge in [-0.1, -0.05) is 24.3 Å². The van der Waals surface area contributed by atoms with Crippen molar-refractivity contribution in [2.45, 2.75) is 6.92 Å². The lowest BCUT2D eigenvalue weighted by atomic mass is 10.0. The number of benzene rings is 1. The molecule has 0 amide bonds. The molecule has 0 saturated carbocycles. The first-order chi connectivity index (χ1) is 7.59. The van der Waals surface area contributed by atoms with Crippen molar-refractivity contribution in [3.8, 4) is 11.1 Å². The van der Waals surface area contributed by atoms with Crippen LogP contribution in [-0.4, -0.2) is 15.6 Å². The van der Waals surface area contributed by atoms with Gasteiger partial charge in [-0.2, -0.15) is 0 Å². The van der Waals surface area contributed by atoms with Crippen LogP contribution in [0.4, 0.5) is 0 Å². The zero-order valence-electron chi connectivity index (χ0n) is 9.27. The monoisotopic (exact) mass is 215 g/mol. The summed E-state index contributed by atoms with van der Waals surface area (Å²) in [6.45, 7) is 2.02. The number of carboxylic acids is 1. The number of carbonyl (C=O) groups is 1. The molecule has 16 heavy (non-hydrogen) atoms. The van der Waals surface area contributed by atoms with Gasteiger partial charge in [0.1, 0.15) is 5.69 Å². The summed E-state index contributed by atoms with van der Waals surface area (Å²) in [4.78, 5) is 10.9. The van der Waals surface area contributed by atoms with Gasteiger partial charge in [0.05, 0.1) is 0 Å². The van der Waals surface area contributed by atoms with Crippen molar-refractivity contribution in [1.29, 1.82) is 0 Å². The van der Waals surface area contributed by atoms with E-state index in [0.717, 1.165) is 16.7 Å². The van der Waals surface area contributed by atoms with Crippen LogP contribution < -0.4 is 0 Å². The van der Waals surface area contributed by atoms with Crippen molar-refractivity contribution in [3.63, 3.8) is 0 Å². The summed E-state index contributed by atoms with van der Waals surface area (Å²) in [7, 11) is 1.74. The van der Waals surface area contributed by atoms with E-state index in [-0.39, 0.29) is 0 Å². The molecule has 0 aliphatic rings. The van der Waals surface area contributed by atoms with Gasteiger partial charge in [0.2, 0.25) is 0 Å². The largest absolute Gasteiger partial charge is 0.477 e. The molecule has 1 aromatic carbocycles. The van der Waals surface area contributed by atoms with Crippen molar-refractivity contribution in [1.82, 2.24) is 4.57 Å². The minimum atomic E-state index is -0.901. The molecule has 0 unspecified atom stereocenters. The second-order valence-electron chi connectivity index (χ2n) is 3.84. The molecule has 0 atom stereocenters. The Morgan fingerprint density at radius 3 is 2.56 bits per heavy atom. The fourth-order valence-electron chi connectivity index (χ4n) is 1.82. The zero-order valence-corrected chi connectivity index (χ0v) is 9.27. The maximum absolute atomic E-state index is 10.9. The third kappa shape index (κ3) is 1.72. The van der Waals surface area contributed by atoms with Crippen molar-refractivity contribution >= 4 is 5.97 Å². The van der Waals surface area contributed by atoms with Gasteiger partial charge >= 0.3 is 5.97 Å². The highest BCUT2D eigenvalue weighted by atomic mass is 16.4. The van der Waals surface area contributed by atoms with Crippen LogP contribution in [0.25, 0.3) is 11.1 Å². The van der Waals surface area contributed by atoms with E-state index >= 15 is 0 Å². The van der Waals surface area contributed by atoms with Crippen molar-refractivity contribution in [2.75, 3.05) is 0 Å². The molecule has 82 valence electrons. The average Bonchev–Trinajstić information content (AvgIpc) is 2.61. The van der Waals surface area contributed by atoms with E-state index in [2.05, 4.69) is 0 Å². The van der Waals surface area contributed by atoms with Crippen LogP contribution in [0.5, 0.6) is 0 Å². The summed E-state index contributed by atoms with van der Waals surface area (Å²) < 4.78 is 1.63. The van der Waals surface area contributed by atoms with Crippen LogP contribution in [0.3, 0.4) is 0 Å². The summed E-state index contributed by atoms with van der Waals surface area (Å²) in [6.07, 6.45) is 1.84. The Balaban J connectivity index is 2.54. The first-order valence-corrected chi connectivity index (χ1v) is 5.05. The summed E-state index contributed by atoms with van der Waals surface area (Å²) >= 11 is 0. The Hall–Kier alpha value is -2.03. The van der Waals surface area contributed by atoms with E-state index in [4.69, 9.17) is 5.11 Å². The van der Waals surface area contributed by atoms with E-state index in [1.165, 1.54) is 0 Å². The van der Waals surface area contributed by atoms with Crippen LogP contribution in [0, 0.1) is 6.92 Å². The topological polar surface area (TPSA) is 42.2 Å². The number of hydrogen-bond acceptors (Lipinski definition) is 1. The quantitative estimate of drug-likeness (QED) is 0.836. The van der Waals surface area contributed by atoms with Crippen molar-refractivity contribution in [2.24, 2.45) is 7.05 Å². The minimum Gasteiger partial charge on any atom is -0.477 e. The molecule has 3 nitrogen and oxygen atoms in total. The average molecular weight is 215 g/mol. The van der Waals surface area contributed by atoms with Gasteiger partial charge in [0.25, 0.3) is 0 Å². The lowest BCUT2D eigenvalue weighted by Gasteiger charge is -2.01. The fraction of sp³-hybridized carbons (Fsp3) is 0.154. The Morgan fingerprint density at radius 2 is 2.00 bits per heavy atom. The normalized spacial score (nSPS) is 10.4. The van der Waals surface area contributed by atoms with Gasteiger partial charge in [-0.3, -0.25) is 0 Å². The zero-order chi connectivity index (χ0) is 11.7. The standard InChI is InChI=1S/C13H13NO2/c1-9-5-3-4-6-11(9)10-7-12(13(15)16)14(2)8-10/h3-8H,1-2H3,(H,15,16). The molecule has 1 N–H and O–H groups in total. The highest BCUT2D eigenvalue weighted by molar-refractivity contribution is 5.88. The van der Waals surface area contributed by atoms with E-state index in [0.29, 0.717) is 5.69 Å². The molecular weight excluding hydrogens is 202 g/mol. The number of aromatic nitrogens is 1.